The molecule has 3 aromatic rings. The first-order chi connectivity index (χ1) is 20.1. The Morgan fingerprint density at radius 1 is 1.29 bits per heavy atom. The average Bonchev–Trinajstić information content (AvgIpc) is 3.27. The summed E-state index contributed by atoms with van der Waals surface area (Å²) in [7, 11) is 3.51. The molecule has 9 nitrogen and oxygen atoms in total. The van der Waals surface area contributed by atoms with E-state index in [1.807, 2.05) is 7.05 Å². The van der Waals surface area contributed by atoms with Gasteiger partial charge in [0.1, 0.15) is 28.7 Å². The minimum absolute atomic E-state index is 0.0174. The van der Waals surface area contributed by atoms with Crippen LogP contribution in [0.2, 0.25) is 0 Å². The number of benzene rings is 1. The van der Waals surface area contributed by atoms with Crippen LogP contribution in [0.4, 0.5) is 28.9 Å². The summed E-state index contributed by atoms with van der Waals surface area (Å²) in [6, 6.07) is 7.71. The first-order valence-electron chi connectivity index (χ1n) is 13.3. The largest absolute Gasteiger partial charge is 0.488 e. The number of hydrogen-bond acceptors (Lipinski definition) is 8. The molecule has 2 fully saturated rings. The van der Waals surface area contributed by atoms with Gasteiger partial charge in [-0.1, -0.05) is 5.92 Å². The van der Waals surface area contributed by atoms with Crippen LogP contribution in [0.15, 0.2) is 41.6 Å². The lowest BCUT2D eigenvalue weighted by Crippen LogP contribution is -2.51. The third-order valence-electron chi connectivity index (χ3n) is 6.76. The number of nitrogens with zero attached hydrogens (tertiary/aromatic N) is 3. The quantitative estimate of drug-likeness (QED) is 0.202. The number of amides is 1. The summed E-state index contributed by atoms with van der Waals surface area (Å²) >= 11 is -0.312. The van der Waals surface area contributed by atoms with E-state index in [1.54, 1.807) is 30.3 Å². The topological polar surface area (TPSA) is 92.2 Å². The van der Waals surface area contributed by atoms with Crippen LogP contribution >= 0.6 is 11.8 Å². The van der Waals surface area contributed by atoms with Gasteiger partial charge in [0.15, 0.2) is 5.65 Å². The van der Waals surface area contributed by atoms with Gasteiger partial charge < -0.3 is 25.4 Å². The highest BCUT2D eigenvalue weighted by atomic mass is 32.2. The number of rotatable bonds is 8. The van der Waals surface area contributed by atoms with E-state index in [1.165, 1.54) is 17.6 Å². The van der Waals surface area contributed by atoms with Crippen molar-refractivity contribution in [2.75, 3.05) is 57.6 Å². The number of hydrogen-bond donors (Lipinski definition) is 3. The van der Waals surface area contributed by atoms with E-state index in [-0.39, 0.29) is 53.3 Å². The van der Waals surface area contributed by atoms with Crippen LogP contribution in [-0.2, 0) is 4.74 Å². The highest BCUT2D eigenvalue weighted by Crippen LogP contribution is 2.39. The van der Waals surface area contributed by atoms with E-state index in [2.05, 4.69) is 37.7 Å². The number of ether oxygens (including phenoxy) is 2. The van der Waals surface area contributed by atoms with Gasteiger partial charge in [-0.2, -0.15) is 13.2 Å². The van der Waals surface area contributed by atoms with Crippen LogP contribution < -0.4 is 20.7 Å². The summed E-state index contributed by atoms with van der Waals surface area (Å²) in [4.78, 5) is 18.8. The number of pyridine rings is 1. The van der Waals surface area contributed by atoms with Gasteiger partial charge in [0.05, 0.1) is 24.9 Å². The van der Waals surface area contributed by atoms with Crippen LogP contribution in [0.5, 0.6) is 5.75 Å². The van der Waals surface area contributed by atoms with Gasteiger partial charge in [0, 0.05) is 62.0 Å². The number of thioether (sulfide) groups is 1. The maximum absolute atomic E-state index is 14.4. The van der Waals surface area contributed by atoms with Gasteiger partial charge in [-0.3, -0.25) is 14.1 Å². The molecule has 0 spiro atoms. The number of likely N-dealkylation sites (tertiary alicyclic amines) is 1. The number of halogens is 4. The molecule has 0 aliphatic carbocycles. The van der Waals surface area contributed by atoms with E-state index in [0.29, 0.717) is 35.7 Å². The third kappa shape index (κ3) is 7.21. The third-order valence-corrected chi connectivity index (χ3v) is 7.58. The number of likely N-dealkylation sites (N-methyl/N-ethyl adjacent to an activating group) is 1. The molecule has 0 bridgehead atoms. The van der Waals surface area contributed by atoms with Crippen molar-refractivity contribution in [2.45, 2.75) is 35.3 Å². The van der Waals surface area contributed by atoms with Crippen LogP contribution in [0.3, 0.4) is 0 Å². The Morgan fingerprint density at radius 3 is 2.81 bits per heavy atom. The fraction of sp³-hybridized carbons (Fsp3) is 0.429. The number of aromatic nitrogens is 2. The Bertz CT molecular complexity index is 1500. The summed E-state index contributed by atoms with van der Waals surface area (Å²) in [5, 5.41) is 8.56. The molecule has 224 valence electrons. The molecule has 1 aromatic carbocycles. The predicted molar refractivity (Wildman–Crippen MR) is 152 cm³/mol. The predicted octanol–water partition coefficient (Wildman–Crippen LogP) is 4.00. The fourth-order valence-corrected chi connectivity index (χ4v) is 5.40. The van der Waals surface area contributed by atoms with E-state index in [0.717, 1.165) is 13.1 Å². The lowest BCUT2D eigenvalue weighted by molar-refractivity contribution is -0.0330. The van der Waals surface area contributed by atoms with Crippen LogP contribution in [0.1, 0.15) is 22.5 Å². The molecule has 14 heteroatoms. The van der Waals surface area contributed by atoms with Gasteiger partial charge in [0.25, 0.3) is 5.91 Å². The lowest BCUT2D eigenvalue weighted by atomic mass is 10.1. The minimum atomic E-state index is -4.58. The molecule has 2 atom stereocenters. The summed E-state index contributed by atoms with van der Waals surface area (Å²) in [6.07, 6.45) is 0.639. The molecule has 2 aromatic heterocycles. The van der Waals surface area contributed by atoms with Gasteiger partial charge in [-0.15, -0.1) is 0 Å². The Morgan fingerprint density at radius 2 is 2.10 bits per heavy atom. The highest BCUT2D eigenvalue weighted by molar-refractivity contribution is 8.00. The Balaban J connectivity index is 1.37. The molecule has 0 radical (unpaired) electrons. The second kappa shape index (κ2) is 12.7. The van der Waals surface area contributed by atoms with Gasteiger partial charge in [0.2, 0.25) is 0 Å². The first-order valence-corrected chi connectivity index (χ1v) is 14.1. The van der Waals surface area contributed by atoms with Gasteiger partial charge in [-0.25, -0.2) is 9.37 Å². The number of imidazole rings is 1. The van der Waals surface area contributed by atoms with E-state index < -0.39 is 17.7 Å². The maximum Gasteiger partial charge on any atom is 0.447 e. The zero-order valence-corrected chi connectivity index (χ0v) is 23.7. The zero-order valence-electron chi connectivity index (χ0n) is 22.9. The normalized spacial score (nSPS) is 19.5. The second-order valence-corrected chi connectivity index (χ2v) is 11.1. The number of anilines is 2. The van der Waals surface area contributed by atoms with Crippen molar-refractivity contribution in [2.24, 2.45) is 0 Å². The average molecular weight is 607 g/mol. The van der Waals surface area contributed by atoms with E-state index in [4.69, 9.17) is 9.47 Å². The number of alkyl halides is 4. The SMILES string of the molecule is CNC(=O)c1cc(NCC#Cc2nc3c(N[C@@H]4CCOC[C@@H]4F)cccn3c2SC(F)(F)F)cc(OC2CN(C)C2)c1. The number of carbonyl (C=O) groups is 1. The van der Waals surface area contributed by atoms with Crippen molar-refractivity contribution in [3.63, 3.8) is 0 Å². The summed E-state index contributed by atoms with van der Waals surface area (Å²) < 4.78 is 67.3. The Kier molecular flexibility index (Phi) is 9.00. The highest BCUT2D eigenvalue weighted by Gasteiger charge is 2.33. The Labute approximate surface area is 244 Å². The molecular weight excluding hydrogens is 576 g/mol. The molecule has 1 amide bonds. The molecule has 3 N–H and O–H groups in total. The van der Waals surface area contributed by atoms with Crippen LogP contribution in [-0.4, -0.2) is 91.0 Å². The maximum atomic E-state index is 14.4. The fourth-order valence-electron chi connectivity index (χ4n) is 4.74. The van der Waals surface area contributed by atoms with Gasteiger partial charge in [-0.05, 0) is 43.7 Å². The second-order valence-electron chi connectivity index (χ2n) is 10.0. The van der Waals surface area contributed by atoms with Crippen molar-refractivity contribution in [3.05, 3.63) is 47.8 Å². The molecule has 2 aliphatic rings. The van der Waals surface area contributed by atoms with Crippen LogP contribution in [0, 0.1) is 11.8 Å². The molecule has 5 rings (SSSR count). The summed E-state index contributed by atoms with van der Waals surface area (Å²) in [6.45, 7) is 1.94. The molecule has 0 unspecified atom stereocenters. The molecule has 42 heavy (non-hydrogen) atoms. The monoisotopic (exact) mass is 606 g/mol. The van der Waals surface area contributed by atoms with E-state index >= 15 is 0 Å². The van der Waals surface area contributed by atoms with Gasteiger partial charge >= 0.3 is 5.51 Å². The van der Waals surface area contributed by atoms with Crippen molar-refractivity contribution >= 4 is 34.7 Å². The van der Waals surface area contributed by atoms with Crippen molar-refractivity contribution in [1.29, 1.82) is 0 Å². The number of nitrogens with one attached hydrogen (secondary N) is 3. The Hall–Kier alpha value is -3.67. The number of fused-ring (bicyclic) bond motifs is 1. The molecule has 2 aliphatic heterocycles. The van der Waals surface area contributed by atoms with E-state index in [9.17, 15) is 22.4 Å². The summed E-state index contributed by atoms with van der Waals surface area (Å²) in [5.41, 5.74) is -3.07. The lowest BCUT2D eigenvalue weighted by Gasteiger charge is -2.36. The van der Waals surface area contributed by atoms with Crippen molar-refractivity contribution in [3.8, 4) is 17.6 Å². The van der Waals surface area contributed by atoms with Crippen molar-refractivity contribution in [1.82, 2.24) is 19.6 Å². The standard InChI is InChI=1S/C28H30F4N6O3S/c1-33-26(39)17-11-18(13-19(12-17)41-20-14-37(2)15-20)34-8-3-5-24-27(42-28(30,31)32)38-9-4-6-23(25(38)36-24)35-22-7-10-40-16-21(22)29/h4,6,9,11-13,20-22,34-35H,7-8,10,14-16H2,1-2H3,(H,33,39)/t21-,22+/m0/s1. The molecule has 4 heterocycles. The molecule has 0 saturated carbocycles. The van der Waals surface area contributed by atoms with Crippen LogP contribution in [0.25, 0.3) is 5.65 Å². The number of carbonyl (C=O) groups excluding carboxylic acids is 1. The minimum Gasteiger partial charge on any atom is -0.488 e. The first kappa shape index (κ1) is 29.8. The summed E-state index contributed by atoms with van der Waals surface area (Å²) in [5.74, 6) is 5.82. The molecule has 2 saturated heterocycles. The molecular formula is C28H30F4N6O3S. The smallest absolute Gasteiger partial charge is 0.447 e. The van der Waals surface area contributed by atoms with Crippen molar-refractivity contribution < 1.29 is 31.8 Å². The zero-order chi connectivity index (χ0) is 29.9.